The maximum Gasteiger partial charge on any atom is 0.293 e. The number of hydrogen-bond acceptors (Lipinski definition) is 7. The number of nitro groups is 1. The van der Waals surface area contributed by atoms with Crippen LogP contribution in [-0.2, 0) is 6.42 Å². The normalized spacial score (nSPS) is 10.6. The zero-order chi connectivity index (χ0) is 19.4. The summed E-state index contributed by atoms with van der Waals surface area (Å²) in [7, 11) is 1.60. The van der Waals surface area contributed by atoms with E-state index in [1.807, 2.05) is 24.4 Å². The lowest BCUT2D eigenvalue weighted by atomic mass is 10.1. The third-order valence-electron chi connectivity index (χ3n) is 3.92. The van der Waals surface area contributed by atoms with Crippen LogP contribution in [0.4, 0.5) is 11.4 Å². The van der Waals surface area contributed by atoms with Gasteiger partial charge in [-0.3, -0.25) is 14.9 Å². The molecule has 1 amide bonds. The fourth-order valence-electron chi connectivity index (χ4n) is 2.56. The molecule has 2 heterocycles. The van der Waals surface area contributed by atoms with Gasteiger partial charge in [-0.05, 0) is 37.6 Å². The largest absolute Gasteiger partial charge is 0.383 e. The molecule has 9 heteroatoms. The van der Waals surface area contributed by atoms with Crippen LogP contribution in [0.1, 0.15) is 20.2 Å². The predicted molar refractivity (Wildman–Crippen MR) is 109 cm³/mol. The van der Waals surface area contributed by atoms with Crippen LogP contribution in [0.2, 0.25) is 0 Å². The number of anilines is 1. The zero-order valence-electron chi connectivity index (χ0n) is 14.8. The Balaban J connectivity index is 1.59. The van der Waals surface area contributed by atoms with Gasteiger partial charge in [0.15, 0.2) is 0 Å². The molecular formula is C18H18N4O3S2. The Bertz CT molecular complexity index is 981. The van der Waals surface area contributed by atoms with Crippen LogP contribution in [0.25, 0.3) is 10.6 Å². The summed E-state index contributed by atoms with van der Waals surface area (Å²) in [6, 6.07) is 8.47. The number of rotatable bonds is 7. The van der Waals surface area contributed by atoms with Crippen molar-refractivity contribution in [1.82, 2.24) is 10.3 Å². The molecule has 2 N–H and O–H groups in total. The number of nitro benzene ring substituents is 1. The first-order valence-corrected chi connectivity index (χ1v) is 9.93. The molecule has 7 nitrogen and oxygen atoms in total. The molecule has 0 saturated carbocycles. The number of thiophene rings is 1. The number of carbonyl (C=O) groups excluding carboxylic acids is 1. The minimum absolute atomic E-state index is 0.119. The third-order valence-corrected chi connectivity index (χ3v) is 5.86. The van der Waals surface area contributed by atoms with E-state index in [0.29, 0.717) is 18.7 Å². The van der Waals surface area contributed by atoms with Crippen LogP contribution in [0, 0.1) is 17.0 Å². The molecule has 0 bridgehead atoms. The standard InChI is InChI=1S/C18H18N4O3S2/c1-11-21-15(10-26-11)17-6-4-13(27-17)7-8-20-18(23)12-3-5-14(19-2)16(9-12)22(24)25/h3-6,9-10,19H,7-8H2,1-2H3,(H,20,23). The van der Waals surface area contributed by atoms with E-state index in [2.05, 4.69) is 15.6 Å². The maximum absolute atomic E-state index is 12.3. The van der Waals surface area contributed by atoms with Gasteiger partial charge < -0.3 is 10.6 Å². The second-order valence-corrected chi connectivity index (χ2v) is 7.99. The highest BCUT2D eigenvalue weighted by Crippen LogP contribution is 2.29. The first-order valence-electron chi connectivity index (χ1n) is 8.23. The van der Waals surface area contributed by atoms with Crippen molar-refractivity contribution < 1.29 is 9.72 Å². The molecule has 3 rings (SSSR count). The van der Waals surface area contributed by atoms with Gasteiger partial charge in [0.1, 0.15) is 5.69 Å². The number of hydrogen-bond donors (Lipinski definition) is 2. The summed E-state index contributed by atoms with van der Waals surface area (Å²) in [5, 5.41) is 19.7. The van der Waals surface area contributed by atoms with E-state index in [0.717, 1.165) is 20.5 Å². The number of thiazole rings is 1. The molecular weight excluding hydrogens is 384 g/mol. The van der Waals surface area contributed by atoms with E-state index in [-0.39, 0.29) is 17.2 Å². The maximum atomic E-state index is 12.3. The summed E-state index contributed by atoms with van der Waals surface area (Å²) in [5.74, 6) is -0.326. The van der Waals surface area contributed by atoms with Crippen molar-refractivity contribution >= 4 is 40.0 Å². The quantitative estimate of drug-likeness (QED) is 0.458. The van der Waals surface area contributed by atoms with Crippen molar-refractivity contribution in [1.29, 1.82) is 0 Å². The molecule has 27 heavy (non-hydrogen) atoms. The lowest BCUT2D eigenvalue weighted by Crippen LogP contribution is -2.25. The highest BCUT2D eigenvalue weighted by atomic mass is 32.1. The monoisotopic (exact) mass is 402 g/mol. The molecule has 0 fully saturated rings. The fourth-order valence-corrected chi connectivity index (χ4v) is 4.22. The van der Waals surface area contributed by atoms with Crippen molar-refractivity contribution in [3.8, 4) is 10.6 Å². The molecule has 1 aromatic carbocycles. The van der Waals surface area contributed by atoms with Gasteiger partial charge in [0.2, 0.25) is 0 Å². The topological polar surface area (TPSA) is 97.2 Å². The van der Waals surface area contributed by atoms with Crippen LogP contribution in [0.15, 0.2) is 35.7 Å². The van der Waals surface area contributed by atoms with Gasteiger partial charge in [0, 0.05) is 35.5 Å². The number of amides is 1. The fraction of sp³-hybridized carbons (Fsp3) is 0.222. The van der Waals surface area contributed by atoms with Gasteiger partial charge in [-0.25, -0.2) is 4.98 Å². The summed E-state index contributed by atoms with van der Waals surface area (Å²) in [5.41, 5.74) is 1.51. The summed E-state index contributed by atoms with van der Waals surface area (Å²) < 4.78 is 0. The summed E-state index contributed by atoms with van der Waals surface area (Å²) in [6.45, 7) is 2.43. The zero-order valence-corrected chi connectivity index (χ0v) is 16.4. The number of aryl methyl sites for hydroxylation is 1. The highest BCUT2D eigenvalue weighted by Gasteiger charge is 2.16. The molecule has 0 radical (unpaired) electrons. The number of nitrogens with one attached hydrogen (secondary N) is 2. The highest BCUT2D eigenvalue weighted by molar-refractivity contribution is 7.16. The average Bonchev–Trinajstić information content (AvgIpc) is 3.30. The van der Waals surface area contributed by atoms with Gasteiger partial charge >= 0.3 is 0 Å². The van der Waals surface area contributed by atoms with Crippen LogP contribution in [0.3, 0.4) is 0 Å². The van der Waals surface area contributed by atoms with E-state index in [4.69, 9.17) is 0 Å². The second kappa shape index (κ2) is 8.28. The number of aromatic nitrogens is 1. The summed E-state index contributed by atoms with van der Waals surface area (Å²) in [4.78, 5) is 29.6. The van der Waals surface area contributed by atoms with Gasteiger partial charge in [-0.2, -0.15) is 0 Å². The summed E-state index contributed by atoms with van der Waals surface area (Å²) >= 11 is 3.27. The third kappa shape index (κ3) is 4.50. The van der Waals surface area contributed by atoms with Crippen molar-refractivity contribution in [2.75, 3.05) is 18.9 Å². The Kier molecular flexibility index (Phi) is 5.82. The van der Waals surface area contributed by atoms with E-state index >= 15 is 0 Å². The minimum atomic E-state index is -0.504. The Hall–Kier alpha value is -2.78. The van der Waals surface area contributed by atoms with Crippen molar-refractivity contribution in [2.24, 2.45) is 0 Å². The van der Waals surface area contributed by atoms with Gasteiger partial charge in [0.25, 0.3) is 11.6 Å². The molecule has 0 unspecified atom stereocenters. The molecule has 0 aliphatic carbocycles. The number of nitrogens with zero attached hydrogens (tertiary/aromatic N) is 2. The predicted octanol–water partition coefficient (Wildman–Crippen LogP) is 4.10. The van der Waals surface area contributed by atoms with Gasteiger partial charge in [-0.1, -0.05) is 0 Å². The number of carbonyl (C=O) groups is 1. The van der Waals surface area contributed by atoms with Crippen LogP contribution < -0.4 is 10.6 Å². The van der Waals surface area contributed by atoms with Crippen molar-refractivity contribution in [3.05, 3.63) is 61.3 Å². The van der Waals surface area contributed by atoms with Crippen LogP contribution in [-0.4, -0.2) is 29.4 Å². The summed E-state index contributed by atoms with van der Waals surface area (Å²) in [6.07, 6.45) is 0.691. The van der Waals surface area contributed by atoms with E-state index in [9.17, 15) is 14.9 Å². The molecule has 0 aliphatic heterocycles. The van der Waals surface area contributed by atoms with E-state index < -0.39 is 4.92 Å². The minimum Gasteiger partial charge on any atom is -0.383 e. The Labute approximate surface area is 164 Å². The van der Waals surface area contributed by atoms with E-state index in [1.165, 1.54) is 12.1 Å². The second-order valence-electron chi connectivity index (χ2n) is 5.76. The Morgan fingerprint density at radius 2 is 2.11 bits per heavy atom. The molecule has 0 saturated heterocycles. The average molecular weight is 403 g/mol. The molecule has 3 aromatic rings. The molecule has 0 aliphatic rings. The molecule has 140 valence electrons. The van der Waals surface area contributed by atoms with Crippen LogP contribution in [0.5, 0.6) is 0 Å². The Morgan fingerprint density at radius 1 is 1.30 bits per heavy atom. The lowest BCUT2D eigenvalue weighted by molar-refractivity contribution is -0.384. The van der Waals surface area contributed by atoms with Gasteiger partial charge in [0.05, 0.1) is 20.5 Å². The lowest BCUT2D eigenvalue weighted by Gasteiger charge is -2.06. The van der Waals surface area contributed by atoms with E-state index in [1.54, 1.807) is 35.8 Å². The molecule has 2 aromatic heterocycles. The van der Waals surface area contributed by atoms with Crippen molar-refractivity contribution in [2.45, 2.75) is 13.3 Å². The first-order chi connectivity index (χ1) is 13.0. The molecule has 0 atom stereocenters. The smallest absolute Gasteiger partial charge is 0.293 e. The Morgan fingerprint density at radius 3 is 2.78 bits per heavy atom. The SMILES string of the molecule is CNc1ccc(C(=O)NCCc2ccc(-c3csc(C)n3)s2)cc1[N+](=O)[O-]. The number of benzene rings is 1. The molecule has 0 spiro atoms. The first kappa shape index (κ1) is 19.0. The van der Waals surface area contributed by atoms with Crippen molar-refractivity contribution in [3.63, 3.8) is 0 Å². The van der Waals surface area contributed by atoms with Gasteiger partial charge in [-0.15, -0.1) is 22.7 Å². The van der Waals surface area contributed by atoms with Crippen LogP contribution >= 0.6 is 22.7 Å².